The van der Waals surface area contributed by atoms with Gasteiger partial charge in [-0.25, -0.2) is 4.98 Å². The molecule has 0 saturated heterocycles. The Morgan fingerprint density at radius 1 is 1.37 bits per heavy atom. The largest absolute Gasteiger partial charge is 0.352 e. The molecule has 0 unspecified atom stereocenters. The van der Waals surface area contributed by atoms with Crippen molar-refractivity contribution in [3.63, 3.8) is 0 Å². The number of hydrogen-bond acceptors (Lipinski definition) is 5. The summed E-state index contributed by atoms with van der Waals surface area (Å²) in [6.07, 6.45) is 6.43. The van der Waals surface area contributed by atoms with Crippen LogP contribution in [0.3, 0.4) is 0 Å². The summed E-state index contributed by atoms with van der Waals surface area (Å²) in [4.78, 5) is 45.1. The van der Waals surface area contributed by atoms with E-state index in [1.807, 2.05) is 0 Å². The van der Waals surface area contributed by atoms with E-state index >= 15 is 0 Å². The first-order valence-electron chi connectivity index (χ1n) is 9.45. The zero-order valence-electron chi connectivity index (χ0n) is 15.7. The van der Waals surface area contributed by atoms with Crippen LogP contribution in [-0.4, -0.2) is 45.9 Å². The van der Waals surface area contributed by atoms with E-state index in [9.17, 15) is 14.4 Å². The minimum absolute atomic E-state index is 0.00545. The molecule has 1 N–H and O–H groups in total. The van der Waals surface area contributed by atoms with Crippen molar-refractivity contribution in [3.05, 3.63) is 27.1 Å². The van der Waals surface area contributed by atoms with Crippen LogP contribution in [0.15, 0.2) is 11.1 Å². The highest BCUT2D eigenvalue weighted by atomic mass is 32.1. The molecule has 8 heteroatoms. The maximum atomic E-state index is 13.0. The molecule has 2 aliphatic carbocycles. The molecule has 0 spiro atoms. The summed E-state index contributed by atoms with van der Waals surface area (Å²) >= 11 is 1.60. The van der Waals surface area contributed by atoms with E-state index in [-0.39, 0.29) is 36.5 Å². The van der Waals surface area contributed by atoms with Crippen LogP contribution in [0, 0.1) is 5.92 Å². The maximum Gasteiger partial charge on any atom is 0.262 e. The van der Waals surface area contributed by atoms with Crippen LogP contribution in [0.5, 0.6) is 0 Å². The molecule has 0 aliphatic heterocycles. The predicted molar refractivity (Wildman–Crippen MR) is 104 cm³/mol. The van der Waals surface area contributed by atoms with Gasteiger partial charge in [0.1, 0.15) is 11.4 Å². The van der Waals surface area contributed by atoms with E-state index in [1.165, 1.54) is 20.7 Å². The summed E-state index contributed by atoms with van der Waals surface area (Å²) < 4.78 is 1.37. The van der Waals surface area contributed by atoms with E-state index < -0.39 is 0 Å². The third-order valence-electron chi connectivity index (χ3n) is 5.34. The second-order valence-corrected chi connectivity index (χ2v) is 8.88. The molecule has 1 atom stereocenters. The molecular weight excluding hydrogens is 364 g/mol. The van der Waals surface area contributed by atoms with E-state index in [1.54, 1.807) is 18.4 Å². The first kappa shape index (κ1) is 18.2. The molecular formula is C19H24N4O3S. The predicted octanol–water partition coefficient (Wildman–Crippen LogP) is 1.32. The van der Waals surface area contributed by atoms with Crippen LogP contribution in [0.25, 0.3) is 10.2 Å². The van der Waals surface area contributed by atoms with Gasteiger partial charge in [0.05, 0.1) is 18.3 Å². The Bertz CT molecular complexity index is 960. The van der Waals surface area contributed by atoms with Gasteiger partial charge in [0.2, 0.25) is 11.8 Å². The van der Waals surface area contributed by atoms with Crippen LogP contribution in [-0.2, 0) is 29.0 Å². The van der Waals surface area contributed by atoms with Gasteiger partial charge in [0, 0.05) is 18.0 Å². The molecule has 0 radical (unpaired) electrons. The number of carbonyl (C=O) groups excluding carboxylic acids is 2. The summed E-state index contributed by atoms with van der Waals surface area (Å²) in [5.74, 6) is 0.196. The van der Waals surface area contributed by atoms with Gasteiger partial charge in [-0.2, -0.15) is 0 Å². The minimum Gasteiger partial charge on any atom is -0.352 e. The Morgan fingerprint density at radius 3 is 2.89 bits per heavy atom. The summed E-state index contributed by atoms with van der Waals surface area (Å²) in [5, 5.41) is 3.53. The van der Waals surface area contributed by atoms with E-state index in [4.69, 9.17) is 0 Å². The Hall–Kier alpha value is -2.22. The van der Waals surface area contributed by atoms with Crippen LogP contribution in [0.4, 0.5) is 0 Å². The van der Waals surface area contributed by atoms with Gasteiger partial charge < -0.3 is 10.2 Å². The third-order valence-corrected chi connectivity index (χ3v) is 6.50. The lowest BCUT2D eigenvalue weighted by Crippen LogP contribution is -2.41. The molecule has 2 aliphatic rings. The second kappa shape index (κ2) is 7.07. The number of rotatable bonds is 5. The molecule has 1 saturated carbocycles. The highest BCUT2D eigenvalue weighted by molar-refractivity contribution is 7.18. The first-order valence-corrected chi connectivity index (χ1v) is 10.3. The Morgan fingerprint density at radius 2 is 2.15 bits per heavy atom. The Kier molecular flexibility index (Phi) is 4.75. The van der Waals surface area contributed by atoms with Gasteiger partial charge in [-0.1, -0.05) is 6.92 Å². The topological polar surface area (TPSA) is 84.3 Å². The van der Waals surface area contributed by atoms with Crippen molar-refractivity contribution in [2.45, 2.75) is 51.6 Å². The lowest BCUT2D eigenvalue weighted by molar-refractivity contribution is -0.135. The normalized spacial score (nSPS) is 19.0. The van der Waals surface area contributed by atoms with Gasteiger partial charge in [-0.3, -0.25) is 19.0 Å². The number of aromatic nitrogens is 2. The molecule has 2 aromatic heterocycles. The summed E-state index contributed by atoms with van der Waals surface area (Å²) in [6, 6.07) is 0.266. The lowest BCUT2D eigenvalue weighted by atomic mass is 9.89. The zero-order valence-corrected chi connectivity index (χ0v) is 16.5. The summed E-state index contributed by atoms with van der Waals surface area (Å²) in [6.45, 7) is 2.13. The molecule has 144 valence electrons. The van der Waals surface area contributed by atoms with Gasteiger partial charge in [-0.15, -0.1) is 11.3 Å². The number of amides is 2. The Balaban J connectivity index is 1.51. The molecule has 2 amide bonds. The van der Waals surface area contributed by atoms with Crippen molar-refractivity contribution >= 4 is 33.4 Å². The number of hydrogen-bond donors (Lipinski definition) is 1. The molecule has 27 heavy (non-hydrogen) atoms. The van der Waals surface area contributed by atoms with Gasteiger partial charge >= 0.3 is 0 Å². The van der Waals surface area contributed by atoms with Crippen molar-refractivity contribution < 1.29 is 9.59 Å². The molecule has 1 fully saturated rings. The number of fused-ring (bicyclic) bond motifs is 3. The van der Waals surface area contributed by atoms with Crippen molar-refractivity contribution in [2.75, 3.05) is 13.6 Å². The number of aryl methyl sites for hydroxylation is 1. The average molecular weight is 388 g/mol. The average Bonchev–Trinajstić information content (AvgIpc) is 3.34. The quantitative estimate of drug-likeness (QED) is 0.837. The minimum atomic E-state index is -0.276. The van der Waals surface area contributed by atoms with Crippen molar-refractivity contribution in [3.8, 4) is 0 Å². The fraction of sp³-hybridized carbons (Fsp3) is 0.579. The molecule has 2 aromatic rings. The standard InChI is InChI=1S/C19H24N4O3S/c1-11-3-6-13-14(7-11)27-18-17(13)19(26)23(10-20-18)9-16(25)22(2)8-15(24)21-12-4-5-12/h10-12H,3-9H2,1-2H3,(H,21,24)/t11-/m0/s1. The summed E-state index contributed by atoms with van der Waals surface area (Å²) in [7, 11) is 1.58. The monoisotopic (exact) mass is 388 g/mol. The highest BCUT2D eigenvalue weighted by Crippen LogP contribution is 2.35. The summed E-state index contributed by atoms with van der Waals surface area (Å²) in [5.41, 5.74) is 0.959. The van der Waals surface area contributed by atoms with E-state index in [0.29, 0.717) is 11.3 Å². The van der Waals surface area contributed by atoms with E-state index in [2.05, 4.69) is 17.2 Å². The van der Waals surface area contributed by atoms with Crippen LogP contribution in [0.2, 0.25) is 0 Å². The Labute approximate surface area is 161 Å². The SMILES string of the molecule is C[C@H]1CCc2c(sc3ncn(CC(=O)N(C)CC(=O)NC4CC4)c(=O)c23)C1. The van der Waals surface area contributed by atoms with E-state index in [0.717, 1.165) is 42.5 Å². The fourth-order valence-corrected chi connectivity index (χ4v) is 4.89. The van der Waals surface area contributed by atoms with Crippen molar-refractivity contribution in [1.82, 2.24) is 19.8 Å². The number of thiophene rings is 1. The number of nitrogens with zero attached hydrogens (tertiary/aromatic N) is 3. The number of carbonyl (C=O) groups is 2. The van der Waals surface area contributed by atoms with Crippen LogP contribution in [0.1, 0.15) is 36.6 Å². The van der Waals surface area contributed by atoms with Crippen LogP contribution < -0.4 is 10.9 Å². The fourth-order valence-electron chi connectivity index (χ4n) is 3.55. The van der Waals surface area contributed by atoms with Crippen molar-refractivity contribution in [1.29, 1.82) is 0 Å². The molecule has 2 heterocycles. The van der Waals surface area contributed by atoms with Gasteiger partial charge in [-0.05, 0) is 43.6 Å². The smallest absolute Gasteiger partial charge is 0.262 e. The highest BCUT2D eigenvalue weighted by Gasteiger charge is 2.25. The zero-order chi connectivity index (χ0) is 19.1. The maximum absolute atomic E-state index is 13.0. The van der Waals surface area contributed by atoms with Crippen molar-refractivity contribution in [2.24, 2.45) is 5.92 Å². The molecule has 0 bridgehead atoms. The first-order chi connectivity index (χ1) is 12.9. The molecule has 0 aromatic carbocycles. The second-order valence-electron chi connectivity index (χ2n) is 7.80. The molecule has 4 rings (SSSR count). The van der Waals surface area contributed by atoms with Crippen LogP contribution >= 0.6 is 11.3 Å². The lowest BCUT2D eigenvalue weighted by Gasteiger charge is -2.18. The number of likely N-dealkylation sites (N-methyl/N-ethyl adjacent to an activating group) is 1. The number of nitrogens with one attached hydrogen (secondary N) is 1. The van der Waals surface area contributed by atoms with Gasteiger partial charge in [0.15, 0.2) is 0 Å². The molecule has 7 nitrogen and oxygen atoms in total. The third kappa shape index (κ3) is 3.76. The van der Waals surface area contributed by atoms with Gasteiger partial charge in [0.25, 0.3) is 5.56 Å².